The molecule has 53 valence electrons. The Hall–Kier alpha value is 2.74. The van der Waals surface area contributed by atoms with Crippen LogP contribution in [0.25, 0.3) is 0 Å². The Bertz CT molecular complexity index is 56.8. The Kier molecular flexibility index (Phi) is 18.2. The van der Waals surface area contributed by atoms with Crippen molar-refractivity contribution in [2.45, 2.75) is 33.6 Å². The standard InChI is InChI=1S/C8H16.K.Y/c1-5-6-7-8(2,3)4;;/h7H,1,5-6H2,2-4H3;;/q-2;+1;. The molecule has 0 rings (SSSR count). The summed E-state index contributed by atoms with van der Waals surface area (Å²) in [5.41, 5.74) is 0.387. The second-order valence-electron chi connectivity index (χ2n) is 3.21. The van der Waals surface area contributed by atoms with Gasteiger partial charge in [0.1, 0.15) is 0 Å². The van der Waals surface area contributed by atoms with Gasteiger partial charge in [0.15, 0.2) is 0 Å². The summed E-state index contributed by atoms with van der Waals surface area (Å²) in [4.78, 5) is 0. The fraction of sp³-hybridized carbons (Fsp3) is 0.750. The first-order chi connectivity index (χ1) is 3.56. The van der Waals surface area contributed by atoms with Gasteiger partial charge in [-0.15, -0.1) is 0 Å². The van der Waals surface area contributed by atoms with Crippen LogP contribution in [0.15, 0.2) is 0 Å². The van der Waals surface area contributed by atoms with Crippen LogP contribution in [0, 0.1) is 18.8 Å². The zero-order valence-corrected chi connectivity index (χ0v) is 13.7. The van der Waals surface area contributed by atoms with E-state index >= 15 is 0 Å². The molecule has 0 aromatic rings. The van der Waals surface area contributed by atoms with Crippen LogP contribution in [0.4, 0.5) is 0 Å². The average molecular weight is 240 g/mol. The first-order valence-electron chi connectivity index (χ1n) is 3.20. The minimum absolute atomic E-state index is 0. The van der Waals surface area contributed by atoms with Crippen LogP contribution in [0.1, 0.15) is 33.6 Å². The summed E-state index contributed by atoms with van der Waals surface area (Å²) < 4.78 is 0. The number of unbranched alkanes of at least 4 members (excludes halogenated alkanes) is 1. The summed E-state index contributed by atoms with van der Waals surface area (Å²) in [6.45, 7) is 10.4. The third-order valence-electron chi connectivity index (χ3n) is 0.961. The maximum Gasteiger partial charge on any atom is 1.00 e. The fourth-order valence-corrected chi connectivity index (χ4v) is 0.535. The quantitative estimate of drug-likeness (QED) is 0.465. The molecule has 0 aromatic carbocycles. The first kappa shape index (κ1) is 18.5. The van der Waals surface area contributed by atoms with Gasteiger partial charge in [0.2, 0.25) is 0 Å². The molecule has 0 aliphatic heterocycles. The van der Waals surface area contributed by atoms with Crippen LogP contribution >= 0.6 is 0 Å². The molecule has 10 heavy (non-hydrogen) atoms. The number of hydrogen-bond acceptors (Lipinski definition) is 0. The van der Waals surface area contributed by atoms with Crippen LogP contribution in [0.5, 0.6) is 0 Å². The van der Waals surface area contributed by atoms with Gasteiger partial charge in [-0.1, -0.05) is 20.8 Å². The van der Waals surface area contributed by atoms with Crippen molar-refractivity contribution in [2.75, 3.05) is 0 Å². The monoisotopic (exact) mass is 240 g/mol. The van der Waals surface area contributed by atoms with E-state index in [1.54, 1.807) is 0 Å². The molecule has 0 heterocycles. The zero-order valence-electron chi connectivity index (χ0n) is 7.78. The third-order valence-corrected chi connectivity index (χ3v) is 0.961. The van der Waals surface area contributed by atoms with E-state index in [-0.39, 0.29) is 84.1 Å². The molecule has 0 fully saturated rings. The van der Waals surface area contributed by atoms with Crippen LogP contribution in [-0.2, 0) is 32.7 Å². The molecule has 0 nitrogen and oxygen atoms in total. The Morgan fingerprint density at radius 2 is 1.70 bits per heavy atom. The summed E-state index contributed by atoms with van der Waals surface area (Å²) in [7, 11) is 0. The molecule has 0 N–H and O–H groups in total. The summed E-state index contributed by atoms with van der Waals surface area (Å²) in [5.74, 6) is 0. The van der Waals surface area contributed by atoms with Gasteiger partial charge in [-0.3, -0.25) is 0 Å². The summed E-state index contributed by atoms with van der Waals surface area (Å²) in [6.07, 6.45) is 4.47. The Morgan fingerprint density at radius 1 is 1.30 bits per heavy atom. The van der Waals surface area contributed by atoms with Crippen LogP contribution in [0.2, 0.25) is 0 Å². The van der Waals surface area contributed by atoms with Gasteiger partial charge in [0.25, 0.3) is 0 Å². The molecule has 0 saturated heterocycles. The minimum Gasteiger partial charge on any atom is -0.346 e. The number of rotatable bonds is 2. The molecular formula is C8H16KY-. The van der Waals surface area contributed by atoms with Crippen molar-refractivity contribution in [2.24, 2.45) is 5.41 Å². The van der Waals surface area contributed by atoms with E-state index in [2.05, 4.69) is 34.1 Å². The molecule has 0 unspecified atom stereocenters. The zero-order chi connectivity index (χ0) is 6.62. The Labute approximate surface area is 134 Å². The smallest absolute Gasteiger partial charge is 0.346 e. The maximum absolute atomic E-state index is 3.76. The van der Waals surface area contributed by atoms with E-state index in [1.165, 1.54) is 0 Å². The van der Waals surface area contributed by atoms with Crippen LogP contribution < -0.4 is 51.4 Å². The third kappa shape index (κ3) is 17.0. The summed E-state index contributed by atoms with van der Waals surface area (Å²) >= 11 is 0. The van der Waals surface area contributed by atoms with Gasteiger partial charge in [-0.25, -0.2) is 12.8 Å². The Balaban J connectivity index is -0.000000245. The van der Waals surface area contributed by atoms with Crippen molar-refractivity contribution in [3.05, 3.63) is 13.3 Å². The molecule has 0 spiro atoms. The van der Waals surface area contributed by atoms with Gasteiger partial charge in [-0.2, -0.15) is 5.41 Å². The van der Waals surface area contributed by atoms with E-state index in [4.69, 9.17) is 0 Å². The molecule has 0 aromatic heterocycles. The van der Waals surface area contributed by atoms with Crippen molar-refractivity contribution in [1.82, 2.24) is 0 Å². The van der Waals surface area contributed by atoms with E-state index in [1.807, 2.05) is 0 Å². The van der Waals surface area contributed by atoms with E-state index in [0.717, 1.165) is 12.8 Å². The van der Waals surface area contributed by atoms with Crippen molar-refractivity contribution in [1.29, 1.82) is 0 Å². The van der Waals surface area contributed by atoms with Crippen molar-refractivity contribution >= 4 is 0 Å². The maximum atomic E-state index is 3.76. The van der Waals surface area contributed by atoms with E-state index in [9.17, 15) is 0 Å². The Morgan fingerprint density at radius 3 is 1.80 bits per heavy atom. The minimum atomic E-state index is 0. The second kappa shape index (κ2) is 9.83. The van der Waals surface area contributed by atoms with Crippen molar-refractivity contribution < 1.29 is 84.1 Å². The topological polar surface area (TPSA) is 0 Å². The summed E-state index contributed by atoms with van der Waals surface area (Å²) in [6, 6.07) is 0. The van der Waals surface area contributed by atoms with Crippen molar-refractivity contribution in [3.8, 4) is 0 Å². The van der Waals surface area contributed by atoms with E-state index < -0.39 is 0 Å². The van der Waals surface area contributed by atoms with E-state index in [0.29, 0.717) is 5.41 Å². The molecule has 1 radical (unpaired) electrons. The van der Waals surface area contributed by atoms with Gasteiger partial charge in [0, 0.05) is 32.7 Å². The van der Waals surface area contributed by atoms with Gasteiger partial charge >= 0.3 is 51.4 Å². The molecule has 0 saturated carbocycles. The molecule has 0 bridgehead atoms. The fourth-order valence-electron chi connectivity index (χ4n) is 0.535. The average Bonchev–Trinajstić information content (AvgIpc) is 1.59. The van der Waals surface area contributed by atoms with Crippen LogP contribution in [-0.4, -0.2) is 0 Å². The molecule has 0 atom stereocenters. The molecule has 0 amide bonds. The first-order valence-corrected chi connectivity index (χ1v) is 3.20. The SMILES string of the molecule is [CH2-]CC[CH-]C(C)(C)C.[K+].[Y]. The normalized spacial score (nSPS) is 9.60. The van der Waals surface area contributed by atoms with Gasteiger partial charge in [-0.05, 0) is 0 Å². The predicted octanol–water partition coefficient (Wildman–Crippen LogP) is -0.147. The molecular weight excluding hydrogens is 224 g/mol. The van der Waals surface area contributed by atoms with Crippen LogP contribution in [0.3, 0.4) is 0 Å². The largest absolute Gasteiger partial charge is 1.00 e. The van der Waals surface area contributed by atoms with Crippen molar-refractivity contribution in [3.63, 3.8) is 0 Å². The molecule has 2 heteroatoms. The molecule has 0 aliphatic rings. The molecule has 0 aliphatic carbocycles. The van der Waals surface area contributed by atoms with Gasteiger partial charge in [0.05, 0.1) is 0 Å². The predicted molar refractivity (Wildman–Crippen MR) is 38.3 cm³/mol. The second-order valence-corrected chi connectivity index (χ2v) is 3.21. The van der Waals surface area contributed by atoms with Gasteiger partial charge < -0.3 is 13.3 Å². The summed E-state index contributed by atoms with van der Waals surface area (Å²) in [5, 5.41) is 0. The number of hydrogen-bond donors (Lipinski definition) is 0.